The molecule has 1 aromatic carbocycles. The third kappa shape index (κ3) is 4.30. The second-order valence-electron chi connectivity index (χ2n) is 6.74. The normalized spacial score (nSPS) is 17.4. The zero-order valence-electron chi connectivity index (χ0n) is 13.8. The van der Waals surface area contributed by atoms with Crippen LogP contribution in [-0.2, 0) is 10.0 Å². The molecule has 1 N–H and O–H groups in total. The molecule has 22 heavy (non-hydrogen) atoms. The minimum atomic E-state index is -3.57. The van der Waals surface area contributed by atoms with Crippen molar-refractivity contribution < 1.29 is 8.42 Å². The molecule has 122 valence electrons. The number of nitrogens with zero attached hydrogens (tertiary/aromatic N) is 2. The van der Waals surface area contributed by atoms with Crippen LogP contribution in [0.5, 0.6) is 0 Å². The van der Waals surface area contributed by atoms with E-state index in [1.165, 1.54) is 0 Å². The van der Waals surface area contributed by atoms with Crippen LogP contribution in [0.1, 0.15) is 39.2 Å². The summed E-state index contributed by atoms with van der Waals surface area (Å²) >= 11 is 0. The maximum absolute atomic E-state index is 12.2. The molecule has 1 heterocycles. The fraction of sp³-hybridized carbons (Fsp3) is 0.562. The van der Waals surface area contributed by atoms with Gasteiger partial charge in [0.1, 0.15) is 0 Å². The van der Waals surface area contributed by atoms with E-state index in [0.29, 0.717) is 0 Å². The van der Waals surface area contributed by atoms with Crippen molar-refractivity contribution in [3.05, 3.63) is 29.8 Å². The molecule has 1 aromatic rings. The van der Waals surface area contributed by atoms with Crippen LogP contribution >= 0.6 is 0 Å². The third-order valence-electron chi connectivity index (χ3n) is 3.94. The van der Waals surface area contributed by atoms with Crippen molar-refractivity contribution in [3.8, 4) is 0 Å². The summed E-state index contributed by atoms with van der Waals surface area (Å²) in [5.41, 5.74) is 2.09. The lowest BCUT2D eigenvalue weighted by molar-refractivity contribution is 0.136. The van der Waals surface area contributed by atoms with Crippen molar-refractivity contribution in [2.75, 3.05) is 13.1 Å². The molecule has 1 aliphatic heterocycles. The summed E-state index contributed by atoms with van der Waals surface area (Å²) in [4.78, 5) is 4.99. The lowest BCUT2D eigenvalue weighted by Crippen LogP contribution is -2.46. The van der Waals surface area contributed by atoms with Gasteiger partial charge in [0.15, 0.2) is 0 Å². The number of hydrazone groups is 1. The van der Waals surface area contributed by atoms with Gasteiger partial charge in [-0.25, -0.2) is 4.83 Å². The number of likely N-dealkylation sites (tertiary alicyclic amines) is 1. The van der Waals surface area contributed by atoms with Crippen molar-refractivity contribution in [3.63, 3.8) is 0 Å². The molecule has 2 rings (SSSR count). The highest BCUT2D eigenvalue weighted by Gasteiger charge is 2.25. The van der Waals surface area contributed by atoms with Gasteiger partial charge in [-0.15, -0.1) is 0 Å². The van der Waals surface area contributed by atoms with Crippen molar-refractivity contribution >= 4 is 15.7 Å². The van der Waals surface area contributed by atoms with Crippen LogP contribution in [0.3, 0.4) is 0 Å². The van der Waals surface area contributed by atoms with Crippen LogP contribution in [-0.4, -0.2) is 37.7 Å². The van der Waals surface area contributed by atoms with Gasteiger partial charge < -0.3 is 0 Å². The number of rotatable bonds is 3. The predicted molar refractivity (Wildman–Crippen MR) is 89.5 cm³/mol. The van der Waals surface area contributed by atoms with Crippen LogP contribution in [0, 0.1) is 6.92 Å². The molecule has 0 amide bonds. The van der Waals surface area contributed by atoms with E-state index in [2.05, 4.69) is 35.6 Å². The molecular formula is C16H25N3O2S. The van der Waals surface area contributed by atoms with Crippen LogP contribution < -0.4 is 4.83 Å². The van der Waals surface area contributed by atoms with E-state index in [0.717, 1.165) is 37.2 Å². The fourth-order valence-corrected chi connectivity index (χ4v) is 3.29. The number of sulfonamides is 1. The fourth-order valence-electron chi connectivity index (χ4n) is 2.44. The molecule has 0 bridgehead atoms. The van der Waals surface area contributed by atoms with Crippen molar-refractivity contribution in [1.82, 2.24) is 9.73 Å². The van der Waals surface area contributed by atoms with E-state index in [1.54, 1.807) is 24.3 Å². The monoisotopic (exact) mass is 323 g/mol. The van der Waals surface area contributed by atoms with Gasteiger partial charge in [-0.05, 0) is 39.8 Å². The Morgan fingerprint density at radius 2 is 1.64 bits per heavy atom. The quantitative estimate of drug-likeness (QED) is 0.870. The Balaban J connectivity index is 1.99. The highest BCUT2D eigenvalue weighted by atomic mass is 32.2. The average Bonchev–Trinajstić information content (AvgIpc) is 2.45. The summed E-state index contributed by atoms with van der Waals surface area (Å²) in [6.07, 6.45) is 1.60. The molecule has 0 saturated carbocycles. The molecular weight excluding hydrogens is 298 g/mol. The van der Waals surface area contributed by atoms with Gasteiger partial charge in [-0.1, -0.05) is 17.7 Å². The number of piperidine rings is 1. The largest absolute Gasteiger partial charge is 0.298 e. The number of hydrogen-bond acceptors (Lipinski definition) is 4. The smallest absolute Gasteiger partial charge is 0.276 e. The van der Waals surface area contributed by atoms with Crippen LogP contribution in [0.4, 0.5) is 0 Å². The molecule has 0 aromatic heterocycles. The molecule has 1 fully saturated rings. The second-order valence-corrected chi connectivity index (χ2v) is 8.40. The molecule has 6 heteroatoms. The van der Waals surface area contributed by atoms with E-state index < -0.39 is 10.0 Å². The van der Waals surface area contributed by atoms with Crippen LogP contribution in [0.25, 0.3) is 0 Å². The topological polar surface area (TPSA) is 61.8 Å². The van der Waals surface area contributed by atoms with E-state index >= 15 is 0 Å². The molecule has 5 nitrogen and oxygen atoms in total. The number of hydrogen-bond donors (Lipinski definition) is 1. The summed E-state index contributed by atoms with van der Waals surface area (Å²) in [7, 11) is -3.57. The van der Waals surface area contributed by atoms with Crippen LogP contribution in [0.15, 0.2) is 34.3 Å². The molecule has 1 saturated heterocycles. The number of nitrogens with one attached hydrogen (secondary N) is 1. The van der Waals surface area contributed by atoms with E-state index in [9.17, 15) is 8.42 Å². The molecule has 0 atom stereocenters. The summed E-state index contributed by atoms with van der Waals surface area (Å²) in [5, 5.41) is 4.12. The average molecular weight is 323 g/mol. The highest BCUT2D eigenvalue weighted by Crippen LogP contribution is 2.18. The molecule has 0 radical (unpaired) electrons. The van der Waals surface area contributed by atoms with Gasteiger partial charge in [-0.2, -0.15) is 13.5 Å². The Kier molecular flexibility index (Phi) is 4.92. The Morgan fingerprint density at radius 1 is 1.09 bits per heavy atom. The minimum Gasteiger partial charge on any atom is -0.298 e. The predicted octanol–water partition coefficient (Wildman–Crippen LogP) is 2.52. The maximum atomic E-state index is 12.2. The Hall–Kier alpha value is -1.40. The Morgan fingerprint density at radius 3 is 2.14 bits per heavy atom. The number of aryl methyl sites for hydroxylation is 1. The van der Waals surface area contributed by atoms with Gasteiger partial charge in [0.25, 0.3) is 10.0 Å². The highest BCUT2D eigenvalue weighted by molar-refractivity contribution is 7.89. The van der Waals surface area contributed by atoms with Crippen molar-refractivity contribution in [2.24, 2.45) is 5.10 Å². The van der Waals surface area contributed by atoms with Gasteiger partial charge in [0.2, 0.25) is 0 Å². The van der Waals surface area contributed by atoms with E-state index in [-0.39, 0.29) is 10.4 Å². The SMILES string of the molecule is Cc1ccc(S(=O)(=O)NN=C2CCN(C(C)(C)C)CC2)cc1. The summed E-state index contributed by atoms with van der Waals surface area (Å²) in [6, 6.07) is 6.76. The summed E-state index contributed by atoms with van der Waals surface area (Å²) < 4.78 is 24.4. The first kappa shape index (κ1) is 17.0. The zero-order chi connectivity index (χ0) is 16.4. The minimum absolute atomic E-state index is 0.146. The first-order valence-electron chi connectivity index (χ1n) is 7.57. The zero-order valence-corrected chi connectivity index (χ0v) is 14.6. The van der Waals surface area contributed by atoms with Crippen LogP contribution in [0.2, 0.25) is 0 Å². The lowest BCUT2D eigenvalue weighted by Gasteiger charge is -2.38. The maximum Gasteiger partial charge on any atom is 0.276 e. The van der Waals surface area contributed by atoms with Gasteiger partial charge in [0, 0.05) is 37.2 Å². The second kappa shape index (κ2) is 6.38. The Labute approximate surface area is 133 Å². The van der Waals surface area contributed by atoms with Gasteiger partial charge >= 0.3 is 0 Å². The standard InChI is InChI=1S/C16H25N3O2S/c1-13-5-7-15(8-6-13)22(20,21)18-17-14-9-11-19(12-10-14)16(2,3)4/h5-8,18H,9-12H2,1-4H3. The summed E-state index contributed by atoms with van der Waals surface area (Å²) in [5.74, 6) is 0. The van der Waals surface area contributed by atoms with E-state index in [4.69, 9.17) is 0 Å². The third-order valence-corrected chi connectivity index (χ3v) is 5.17. The first-order valence-corrected chi connectivity index (χ1v) is 9.06. The summed E-state index contributed by atoms with van der Waals surface area (Å²) in [6.45, 7) is 10.3. The lowest BCUT2D eigenvalue weighted by atomic mass is 10.0. The number of benzene rings is 1. The molecule has 0 spiro atoms. The first-order chi connectivity index (χ1) is 10.2. The molecule has 0 unspecified atom stereocenters. The molecule has 1 aliphatic rings. The van der Waals surface area contributed by atoms with Gasteiger partial charge in [0.05, 0.1) is 4.90 Å². The molecule has 0 aliphatic carbocycles. The van der Waals surface area contributed by atoms with E-state index in [1.807, 2.05) is 6.92 Å². The van der Waals surface area contributed by atoms with Crippen molar-refractivity contribution in [2.45, 2.75) is 51.0 Å². The Bertz CT molecular complexity index is 633. The van der Waals surface area contributed by atoms with Crippen molar-refractivity contribution in [1.29, 1.82) is 0 Å². The van der Waals surface area contributed by atoms with Gasteiger partial charge in [-0.3, -0.25) is 4.90 Å².